The molecule has 0 amide bonds. The van der Waals surface area contributed by atoms with Gasteiger partial charge in [-0.25, -0.2) is 13.1 Å². The second kappa shape index (κ2) is 7.48. The molecule has 1 unspecified atom stereocenters. The molecular formula is C18H22BrNO3S2. The molecule has 2 aromatic rings. The molecule has 3 rings (SSSR count). The minimum absolute atomic E-state index is 0.166. The van der Waals surface area contributed by atoms with Gasteiger partial charge in [-0.05, 0) is 56.2 Å². The number of thiophene rings is 1. The summed E-state index contributed by atoms with van der Waals surface area (Å²) in [5, 5.41) is 9.79. The van der Waals surface area contributed by atoms with Gasteiger partial charge in [0.05, 0.1) is 11.0 Å². The highest BCUT2D eigenvalue weighted by Crippen LogP contribution is 2.44. The van der Waals surface area contributed by atoms with Crippen LogP contribution in [0.2, 0.25) is 0 Å². The van der Waals surface area contributed by atoms with Crippen LogP contribution < -0.4 is 4.72 Å². The molecular weight excluding hydrogens is 422 g/mol. The van der Waals surface area contributed by atoms with E-state index in [4.69, 9.17) is 0 Å². The highest BCUT2D eigenvalue weighted by Gasteiger charge is 2.38. The molecule has 1 aromatic carbocycles. The lowest BCUT2D eigenvalue weighted by Crippen LogP contribution is -2.38. The van der Waals surface area contributed by atoms with Crippen molar-refractivity contribution in [1.82, 2.24) is 4.72 Å². The van der Waals surface area contributed by atoms with Crippen molar-refractivity contribution < 1.29 is 13.5 Å². The quantitative estimate of drug-likeness (QED) is 0.696. The molecule has 0 spiro atoms. The summed E-state index contributed by atoms with van der Waals surface area (Å²) >= 11 is 4.92. The van der Waals surface area contributed by atoms with Gasteiger partial charge in [0.15, 0.2) is 0 Å². The van der Waals surface area contributed by atoms with Gasteiger partial charge >= 0.3 is 0 Å². The lowest BCUT2D eigenvalue weighted by Gasteiger charge is -2.28. The monoisotopic (exact) mass is 443 g/mol. The van der Waals surface area contributed by atoms with Gasteiger partial charge in [0.25, 0.3) is 0 Å². The summed E-state index contributed by atoms with van der Waals surface area (Å²) in [5.41, 5.74) is -0.166. The first kappa shape index (κ1) is 19.0. The van der Waals surface area contributed by atoms with Crippen LogP contribution in [0.1, 0.15) is 48.5 Å². The molecule has 4 nitrogen and oxygen atoms in total. The van der Waals surface area contributed by atoms with Crippen molar-refractivity contribution >= 4 is 37.3 Å². The molecule has 136 valence electrons. The third-order valence-corrected chi connectivity index (χ3v) is 8.29. The molecule has 1 aliphatic rings. The fraction of sp³-hybridized carbons (Fsp3) is 0.444. The van der Waals surface area contributed by atoms with Crippen molar-refractivity contribution in [2.75, 3.05) is 6.54 Å². The second-order valence-electron chi connectivity index (χ2n) is 6.64. The molecule has 1 saturated carbocycles. The molecule has 0 radical (unpaired) electrons. The predicted molar refractivity (Wildman–Crippen MR) is 104 cm³/mol. The normalized spacial score (nSPS) is 18.4. The number of rotatable bonds is 6. The van der Waals surface area contributed by atoms with Crippen LogP contribution >= 0.6 is 27.3 Å². The van der Waals surface area contributed by atoms with Crippen LogP contribution in [0.25, 0.3) is 0 Å². The fourth-order valence-corrected chi connectivity index (χ4v) is 5.94. The first-order chi connectivity index (χ1) is 11.8. The molecule has 1 heterocycles. The van der Waals surface area contributed by atoms with Gasteiger partial charge in [0.1, 0.15) is 0 Å². The number of hydrogen-bond acceptors (Lipinski definition) is 4. The van der Waals surface area contributed by atoms with E-state index in [1.807, 2.05) is 12.1 Å². The van der Waals surface area contributed by atoms with E-state index in [1.165, 1.54) is 4.88 Å². The Balaban J connectivity index is 1.81. The Hall–Kier alpha value is -0.730. The van der Waals surface area contributed by atoms with Gasteiger partial charge in [-0.2, -0.15) is 0 Å². The Morgan fingerprint density at radius 3 is 2.40 bits per heavy atom. The van der Waals surface area contributed by atoms with Crippen molar-refractivity contribution in [3.63, 3.8) is 0 Å². The second-order valence-corrected chi connectivity index (χ2v) is 10.4. The Bertz CT molecular complexity index is 822. The first-order valence-corrected chi connectivity index (χ1v) is 11.5. The first-order valence-electron chi connectivity index (χ1n) is 8.36. The van der Waals surface area contributed by atoms with Gasteiger partial charge in [0, 0.05) is 26.2 Å². The van der Waals surface area contributed by atoms with Crippen molar-refractivity contribution in [3.05, 3.63) is 50.6 Å². The molecule has 7 heteroatoms. The van der Waals surface area contributed by atoms with Crippen molar-refractivity contribution in [3.8, 4) is 0 Å². The van der Waals surface area contributed by atoms with E-state index in [0.717, 1.165) is 35.0 Å². The van der Waals surface area contributed by atoms with E-state index < -0.39 is 16.1 Å². The lowest BCUT2D eigenvalue weighted by atomic mass is 9.85. The molecule has 1 atom stereocenters. The molecule has 0 aliphatic heterocycles. The topological polar surface area (TPSA) is 66.4 Å². The summed E-state index contributed by atoms with van der Waals surface area (Å²) in [7, 11) is -3.54. The third kappa shape index (κ3) is 4.17. The van der Waals surface area contributed by atoms with Crippen LogP contribution in [0.3, 0.4) is 0 Å². The smallest absolute Gasteiger partial charge is 0.240 e. The third-order valence-electron chi connectivity index (χ3n) is 4.85. The van der Waals surface area contributed by atoms with E-state index in [9.17, 15) is 13.5 Å². The summed E-state index contributed by atoms with van der Waals surface area (Å²) in [6, 6.07) is 10.7. The van der Waals surface area contributed by atoms with Gasteiger partial charge in [-0.15, -0.1) is 11.3 Å². The summed E-state index contributed by atoms with van der Waals surface area (Å²) in [5.74, 6) is 0. The van der Waals surface area contributed by atoms with E-state index in [2.05, 4.69) is 20.7 Å². The highest BCUT2D eigenvalue weighted by atomic mass is 79.9. The average molecular weight is 444 g/mol. The number of hydrogen-bond donors (Lipinski definition) is 2. The van der Waals surface area contributed by atoms with Crippen LogP contribution in [-0.2, 0) is 15.4 Å². The highest BCUT2D eigenvalue weighted by molar-refractivity contribution is 9.10. The SMILES string of the molecule is CC(O)c1ccc(C2(CNS(=O)(=O)c3ccc(Br)cc3)CCCC2)s1. The van der Waals surface area contributed by atoms with Crippen LogP contribution in [-0.4, -0.2) is 20.1 Å². The largest absolute Gasteiger partial charge is 0.388 e. The average Bonchev–Trinajstić information content (AvgIpc) is 3.24. The maximum absolute atomic E-state index is 12.6. The predicted octanol–water partition coefficient (Wildman–Crippen LogP) is 4.35. The van der Waals surface area contributed by atoms with E-state index in [-0.39, 0.29) is 10.3 Å². The van der Waals surface area contributed by atoms with Crippen LogP contribution in [0, 0.1) is 0 Å². The fourth-order valence-electron chi connectivity index (χ4n) is 3.35. The number of aliphatic hydroxyl groups excluding tert-OH is 1. The number of aliphatic hydroxyl groups is 1. The van der Waals surface area contributed by atoms with Gasteiger partial charge in [0.2, 0.25) is 10.0 Å². The number of sulfonamides is 1. The Labute approximate surface area is 161 Å². The zero-order chi connectivity index (χ0) is 18.1. The van der Waals surface area contributed by atoms with Gasteiger partial charge < -0.3 is 5.11 Å². The van der Waals surface area contributed by atoms with Crippen molar-refractivity contribution in [2.45, 2.75) is 49.0 Å². The summed E-state index contributed by atoms with van der Waals surface area (Å²) in [6.07, 6.45) is 3.64. The Kier molecular flexibility index (Phi) is 5.70. The molecule has 0 saturated heterocycles. The molecule has 1 aliphatic carbocycles. The molecule has 25 heavy (non-hydrogen) atoms. The number of halogens is 1. The summed E-state index contributed by atoms with van der Waals surface area (Å²) < 4.78 is 28.9. The Morgan fingerprint density at radius 1 is 1.20 bits per heavy atom. The van der Waals surface area contributed by atoms with E-state index in [0.29, 0.717) is 6.54 Å². The number of benzene rings is 1. The van der Waals surface area contributed by atoms with E-state index in [1.54, 1.807) is 42.5 Å². The molecule has 1 fully saturated rings. The van der Waals surface area contributed by atoms with Crippen LogP contribution in [0.5, 0.6) is 0 Å². The molecule has 1 aromatic heterocycles. The van der Waals surface area contributed by atoms with Gasteiger partial charge in [-0.3, -0.25) is 0 Å². The Morgan fingerprint density at radius 2 is 1.84 bits per heavy atom. The van der Waals surface area contributed by atoms with Crippen molar-refractivity contribution in [1.29, 1.82) is 0 Å². The van der Waals surface area contributed by atoms with E-state index >= 15 is 0 Å². The zero-order valence-electron chi connectivity index (χ0n) is 14.0. The molecule has 0 bridgehead atoms. The summed E-state index contributed by atoms with van der Waals surface area (Å²) in [4.78, 5) is 2.37. The minimum atomic E-state index is -3.54. The van der Waals surface area contributed by atoms with Crippen LogP contribution in [0.4, 0.5) is 0 Å². The minimum Gasteiger partial charge on any atom is -0.388 e. The van der Waals surface area contributed by atoms with Crippen molar-refractivity contribution in [2.24, 2.45) is 0 Å². The molecule has 2 N–H and O–H groups in total. The maximum Gasteiger partial charge on any atom is 0.240 e. The standard InChI is InChI=1S/C18H22BrNO3S2/c1-13(21)16-8-9-17(24-16)18(10-2-3-11-18)12-20-25(22,23)15-6-4-14(19)5-7-15/h4-9,13,20-21H,2-3,10-12H2,1H3. The number of nitrogens with one attached hydrogen (secondary N) is 1. The zero-order valence-corrected chi connectivity index (χ0v) is 17.3. The summed E-state index contributed by atoms with van der Waals surface area (Å²) in [6.45, 7) is 2.15. The van der Waals surface area contributed by atoms with Gasteiger partial charge in [-0.1, -0.05) is 28.8 Å². The maximum atomic E-state index is 12.6. The lowest BCUT2D eigenvalue weighted by molar-refractivity contribution is 0.203. The van der Waals surface area contributed by atoms with Crippen LogP contribution in [0.15, 0.2) is 45.8 Å².